The standard InChI is InChI=1S/C21H19ClN2O6S2/c1-27-14-8-12(19(25)29-3)13(9-15(14)28-2)24-21(31)23-10-5-6-11-16(7-10)32-18(17(11)22)20(26)30-4/h5-9H,1-4H3,(H2,23,24,31). The van der Waals surface area contributed by atoms with Gasteiger partial charge < -0.3 is 29.6 Å². The van der Waals surface area contributed by atoms with Gasteiger partial charge in [-0.15, -0.1) is 11.3 Å². The quantitative estimate of drug-likeness (QED) is 0.364. The van der Waals surface area contributed by atoms with Crippen molar-refractivity contribution in [1.29, 1.82) is 0 Å². The minimum atomic E-state index is -0.568. The molecular weight excluding hydrogens is 476 g/mol. The molecule has 0 saturated heterocycles. The smallest absolute Gasteiger partial charge is 0.349 e. The molecule has 0 bridgehead atoms. The van der Waals surface area contributed by atoms with Gasteiger partial charge in [0.1, 0.15) is 4.88 Å². The monoisotopic (exact) mass is 494 g/mol. The van der Waals surface area contributed by atoms with Gasteiger partial charge >= 0.3 is 11.9 Å². The van der Waals surface area contributed by atoms with Gasteiger partial charge in [0.05, 0.1) is 44.7 Å². The Morgan fingerprint density at radius 2 is 1.59 bits per heavy atom. The Labute approximate surface area is 198 Å². The number of thiocarbonyl (C=S) groups is 1. The maximum absolute atomic E-state index is 12.2. The third kappa shape index (κ3) is 4.72. The number of methoxy groups -OCH3 is 4. The average molecular weight is 495 g/mol. The molecule has 0 unspecified atom stereocenters. The van der Waals surface area contributed by atoms with Crippen molar-refractivity contribution in [1.82, 2.24) is 0 Å². The molecular formula is C21H19ClN2O6S2. The van der Waals surface area contributed by atoms with Crippen molar-refractivity contribution in [2.45, 2.75) is 0 Å². The highest BCUT2D eigenvalue weighted by molar-refractivity contribution is 7.80. The first-order valence-corrected chi connectivity index (χ1v) is 10.7. The number of halogens is 1. The van der Waals surface area contributed by atoms with E-state index in [0.29, 0.717) is 32.8 Å². The molecule has 0 amide bonds. The van der Waals surface area contributed by atoms with Crippen LogP contribution in [0.15, 0.2) is 30.3 Å². The Morgan fingerprint density at radius 1 is 0.938 bits per heavy atom. The van der Waals surface area contributed by atoms with Crippen LogP contribution in [0.5, 0.6) is 11.5 Å². The molecule has 32 heavy (non-hydrogen) atoms. The summed E-state index contributed by atoms with van der Waals surface area (Å²) in [5, 5.41) is 7.32. The van der Waals surface area contributed by atoms with E-state index in [1.165, 1.54) is 45.8 Å². The Hall–Kier alpha value is -3.08. The Bertz CT molecular complexity index is 1210. The summed E-state index contributed by atoms with van der Waals surface area (Å²) in [5.41, 5.74) is 1.25. The fourth-order valence-electron chi connectivity index (χ4n) is 2.91. The lowest BCUT2D eigenvalue weighted by Crippen LogP contribution is -2.21. The molecule has 0 atom stereocenters. The van der Waals surface area contributed by atoms with Gasteiger partial charge in [-0.05, 0) is 30.4 Å². The van der Waals surface area contributed by atoms with Crippen molar-refractivity contribution in [3.8, 4) is 11.5 Å². The van der Waals surface area contributed by atoms with Crippen LogP contribution in [-0.2, 0) is 9.47 Å². The van der Waals surface area contributed by atoms with E-state index in [-0.39, 0.29) is 10.7 Å². The summed E-state index contributed by atoms with van der Waals surface area (Å²) in [6.45, 7) is 0. The second-order valence-corrected chi connectivity index (χ2v) is 8.11. The first-order chi connectivity index (χ1) is 15.3. The van der Waals surface area contributed by atoms with E-state index in [1.807, 2.05) is 6.07 Å². The van der Waals surface area contributed by atoms with Crippen molar-refractivity contribution in [2.24, 2.45) is 0 Å². The van der Waals surface area contributed by atoms with Gasteiger partial charge in [-0.25, -0.2) is 9.59 Å². The minimum absolute atomic E-state index is 0.220. The summed E-state index contributed by atoms with van der Waals surface area (Å²) in [7, 11) is 5.54. The van der Waals surface area contributed by atoms with Gasteiger partial charge in [-0.1, -0.05) is 11.6 Å². The van der Waals surface area contributed by atoms with Gasteiger partial charge in [-0.3, -0.25) is 0 Å². The van der Waals surface area contributed by atoms with Gasteiger partial charge in [-0.2, -0.15) is 0 Å². The number of carbonyl (C=O) groups excluding carboxylic acids is 2. The number of ether oxygens (including phenoxy) is 4. The Kier molecular flexibility index (Phi) is 7.39. The lowest BCUT2D eigenvalue weighted by atomic mass is 10.1. The molecule has 0 fully saturated rings. The van der Waals surface area contributed by atoms with Crippen LogP contribution in [0.25, 0.3) is 10.1 Å². The third-order valence-corrected chi connectivity index (χ3v) is 6.28. The number of rotatable bonds is 6. The minimum Gasteiger partial charge on any atom is -0.493 e. The zero-order valence-electron chi connectivity index (χ0n) is 17.5. The number of esters is 2. The van der Waals surface area contributed by atoms with Crippen molar-refractivity contribution in [3.63, 3.8) is 0 Å². The van der Waals surface area contributed by atoms with E-state index in [0.717, 1.165) is 10.1 Å². The Morgan fingerprint density at radius 3 is 2.22 bits per heavy atom. The fraction of sp³-hybridized carbons (Fsp3) is 0.190. The predicted molar refractivity (Wildman–Crippen MR) is 129 cm³/mol. The lowest BCUT2D eigenvalue weighted by molar-refractivity contribution is 0.0594. The summed E-state index contributed by atoms with van der Waals surface area (Å²) in [6, 6.07) is 8.45. The summed E-state index contributed by atoms with van der Waals surface area (Å²) in [6.07, 6.45) is 0. The van der Waals surface area contributed by atoms with Crippen molar-refractivity contribution in [3.05, 3.63) is 45.8 Å². The van der Waals surface area contributed by atoms with E-state index in [1.54, 1.807) is 18.2 Å². The van der Waals surface area contributed by atoms with Crippen LogP contribution in [0.1, 0.15) is 20.0 Å². The van der Waals surface area contributed by atoms with E-state index >= 15 is 0 Å². The molecule has 3 aromatic rings. The number of thiophene rings is 1. The molecule has 2 N–H and O–H groups in total. The topological polar surface area (TPSA) is 95.1 Å². The third-order valence-electron chi connectivity index (χ3n) is 4.44. The number of nitrogens with one attached hydrogen (secondary N) is 2. The Balaban J connectivity index is 1.87. The van der Waals surface area contributed by atoms with Gasteiger partial charge in [0.15, 0.2) is 16.6 Å². The normalized spacial score (nSPS) is 10.4. The summed E-state index contributed by atoms with van der Waals surface area (Å²) in [4.78, 5) is 24.4. The molecule has 8 nitrogen and oxygen atoms in total. The fourth-order valence-corrected chi connectivity index (χ4v) is 4.61. The molecule has 1 aromatic heterocycles. The summed E-state index contributed by atoms with van der Waals surface area (Å²) >= 11 is 12.9. The number of anilines is 2. The van der Waals surface area contributed by atoms with Crippen LogP contribution >= 0.6 is 35.2 Å². The molecule has 0 aliphatic rings. The van der Waals surface area contributed by atoms with Gasteiger partial charge in [0, 0.05) is 27.9 Å². The van der Waals surface area contributed by atoms with E-state index in [2.05, 4.69) is 10.6 Å². The number of benzene rings is 2. The van der Waals surface area contributed by atoms with Crippen molar-refractivity contribution < 1.29 is 28.5 Å². The van der Waals surface area contributed by atoms with E-state index in [9.17, 15) is 9.59 Å². The SMILES string of the molecule is COC(=O)c1cc(OC)c(OC)cc1NC(=S)Nc1ccc2c(Cl)c(C(=O)OC)sc2c1. The van der Waals surface area contributed by atoms with Crippen LogP contribution in [0.2, 0.25) is 5.02 Å². The molecule has 0 aliphatic heterocycles. The first-order valence-electron chi connectivity index (χ1n) is 9.05. The van der Waals surface area contributed by atoms with Crippen LogP contribution in [-0.4, -0.2) is 45.5 Å². The van der Waals surface area contributed by atoms with Crippen LogP contribution in [0.3, 0.4) is 0 Å². The molecule has 2 aromatic carbocycles. The lowest BCUT2D eigenvalue weighted by Gasteiger charge is -2.16. The maximum Gasteiger partial charge on any atom is 0.349 e. The molecule has 168 valence electrons. The average Bonchev–Trinajstić information content (AvgIpc) is 3.13. The zero-order chi connectivity index (χ0) is 23.4. The second-order valence-electron chi connectivity index (χ2n) is 6.27. The highest BCUT2D eigenvalue weighted by Gasteiger charge is 2.20. The van der Waals surface area contributed by atoms with Gasteiger partial charge in [0.2, 0.25) is 0 Å². The number of fused-ring (bicyclic) bond motifs is 1. The largest absolute Gasteiger partial charge is 0.493 e. The predicted octanol–water partition coefficient (Wildman–Crippen LogP) is 4.95. The highest BCUT2D eigenvalue weighted by Crippen LogP contribution is 2.37. The summed E-state index contributed by atoms with van der Waals surface area (Å²) in [5.74, 6) is -0.276. The molecule has 11 heteroatoms. The second kappa shape index (κ2) is 10.0. The molecule has 0 aliphatic carbocycles. The van der Waals surface area contributed by atoms with Crippen molar-refractivity contribution in [2.75, 3.05) is 39.1 Å². The van der Waals surface area contributed by atoms with E-state index in [4.69, 9.17) is 42.8 Å². The van der Waals surface area contributed by atoms with Gasteiger partial charge in [0.25, 0.3) is 0 Å². The van der Waals surface area contributed by atoms with Crippen molar-refractivity contribution >= 4 is 73.7 Å². The molecule has 3 rings (SSSR count). The highest BCUT2D eigenvalue weighted by atomic mass is 35.5. The van der Waals surface area contributed by atoms with Crippen LogP contribution in [0.4, 0.5) is 11.4 Å². The number of hydrogen-bond donors (Lipinski definition) is 2. The number of carbonyl (C=O) groups is 2. The summed E-state index contributed by atoms with van der Waals surface area (Å²) < 4.78 is 21.0. The molecule has 1 heterocycles. The van der Waals surface area contributed by atoms with E-state index < -0.39 is 11.9 Å². The van der Waals surface area contributed by atoms with Crippen LogP contribution in [0, 0.1) is 0 Å². The number of hydrogen-bond acceptors (Lipinski definition) is 8. The zero-order valence-corrected chi connectivity index (χ0v) is 19.9. The molecule has 0 spiro atoms. The molecule has 0 saturated carbocycles. The van der Waals surface area contributed by atoms with Crippen LogP contribution < -0.4 is 20.1 Å². The molecule has 0 radical (unpaired) electrons. The maximum atomic E-state index is 12.2. The first kappa shape index (κ1) is 23.6.